The highest BCUT2D eigenvalue weighted by Crippen LogP contribution is 2.31. The molecule has 2 N–H and O–H groups in total. The molecule has 4 rings (SSSR count). The average molecular weight is 492 g/mol. The number of amides is 1. The fourth-order valence-electron chi connectivity index (χ4n) is 3.81. The standard InChI is InChI=1S/C26H22ClN3O3S/c1-16-21(15-24(31)29-26(34)28-19-6-4-3-5-7-19)22-14-20(33-2)12-13-23(22)30(16)25(32)17-8-10-18(27)11-9-17/h3-14H,15H2,1-2H3,(H2,28,29,31,34). The second-order valence-electron chi connectivity index (χ2n) is 7.64. The van der Waals surface area contributed by atoms with E-state index in [1.807, 2.05) is 49.4 Å². The Bertz CT molecular complexity index is 1380. The predicted octanol–water partition coefficient (Wildman–Crippen LogP) is 5.36. The summed E-state index contributed by atoms with van der Waals surface area (Å²) >= 11 is 11.3. The molecular formula is C26H22ClN3O3S. The van der Waals surface area contributed by atoms with Crippen LogP contribution in [0.4, 0.5) is 5.69 Å². The fraction of sp³-hybridized carbons (Fsp3) is 0.115. The van der Waals surface area contributed by atoms with Gasteiger partial charge in [-0.15, -0.1) is 0 Å². The van der Waals surface area contributed by atoms with Crippen molar-refractivity contribution in [1.29, 1.82) is 0 Å². The minimum absolute atomic E-state index is 0.0347. The Balaban J connectivity index is 1.65. The van der Waals surface area contributed by atoms with Gasteiger partial charge in [-0.1, -0.05) is 29.8 Å². The quantitative estimate of drug-likeness (QED) is 0.368. The molecule has 8 heteroatoms. The lowest BCUT2D eigenvalue weighted by molar-refractivity contribution is -0.119. The van der Waals surface area contributed by atoms with E-state index >= 15 is 0 Å². The normalized spacial score (nSPS) is 10.7. The van der Waals surface area contributed by atoms with Crippen LogP contribution in [0.3, 0.4) is 0 Å². The van der Waals surface area contributed by atoms with E-state index in [0.29, 0.717) is 27.5 Å². The number of ether oxygens (including phenoxy) is 1. The van der Waals surface area contributed by atoms with Gasteiger partial charge < -0.3 is 15.4 Å². The van der Waals surface area contributed by atoms with Crippen LogP contribution in [0.1, 0.15) is 21.6 Å². The van der Waals surface area contributed by atoms with Crippen molar-refractivity contribution in [2.75, 3.05) is 12.4 Å². The van der Waals surface area contributed by atoms with Crippen molar-refractivity contribution in [3.63, 3.8) is 0 Å². The molecule has 172 valence electrons. The molecule has 0 saturated carbocycles. The molecule has 0 aliphatic heterocycles. The second-order valence-corrected chi connectivity index (χ2v) is 8.48. The van der Waals surface area contributed by atoms with Gasteiger partial charge in [0.05, 0.1) is 19.0 Å². The van der Waals surface area contributed by atoms with Crippen LogP contribution in [0.5, 0.6) is 5.75 Å². The van der Waals surface area contributed by atoms with E-state index in [1.165, 1.54) is 0 Å². The van der Waals surface area contributed by atoms with Crippen LogP contribution >= 0.6 is 23.8 Å². The second kappa shape index (κ2) is 10.1. The van der Waals surface area contributed by atoms with Crippen molar-refractivity contribution >= 4 is 57.3 Å². The molecule has 6 nitrogen and oxygen atoms in total. The number of aromatic nitrogens is 1. The number of benzene rings is 3. The highest BCUT2D eigenvalue weighted by molar-refractivity contribution is 7.80. The molecule has 1 amide bonds. The van der Waals surface area contributed by atoms with Gasteiger partial charge >= 0.3 is 0 Å². The van der Waals surface area contributed by atoms with Crippen LogP contribution in [-0.4, -0.2) is 28.6 Å². The largest absolute Gasteiger partial charge is 0.497 e. The summed E-state index contributed by atoms with van der Waals surface area (Å²) in [6.45, 7) is 1.82. The van der Waals surface area contributed by atoms with Gasteiger partial charge in [0.25, 0.3) is 5.91 Å². The van der Waals surface area contributed by atoms with E-state index in [0.717, 1.165) is 16.6 Å². The summed E-state index contributed by atoms with van der Waals surface area (Å²) in [5.41, 5.74) is 3.34. The van der Waals surface area contributed by atoms with Gasteiger partial charge in [0, 0.05) is 27.4 Å². The number of carbonyl (C=O) groups excluding carboxylic acids is 2. The van der Waals surface area contributed by atoms with Crippen molar-refractivity contribution in [3.8, 4) is 5.75 Å². The maximum absolute atomic E-state index is 13.4. The molecule has 0 fully saturated rings. The Morgan fingerprint density at radius 2 is 1.74 bits per heavy atom. The predicted molar refractivity (Wildman–Crippen MR) is 139 cm³/mol. The van der Waals surface area contributed by atoms with Crippen LogP contribution in [-0.2, 0) is 11.2 Å². The molecule has 0 bridgehead atoms. The first-order chi connectivity index (χ1) is 16.4. The van der Waals surface area contributed by atoms with Crippen LogP contribution in [0.25, 0.3) is 10.9 Å². The number of hydrogen-bond acceptors (Lipinski definition) is 4. The third-order valence-electron chi connectivity index (χ3n) is 5.46. The number of hydrogen-bond donors (Lipinski definition) is 2. The third kappa shape index (κ3) is 4.95. The van der Waals surface area contributed by atoms with Crippen molar-refractivity contribution in [2.45, 2.75) is 13.3 Å². The van der Waals surface area contributed by atoms with Crippen LogP contribution in [0.15, 0.2) is 72.8 Å². The van der Waals surface area contributed by atoms with Crippen LogP contribution in [0.2, 0.25) is 5.02 Å². The zero-order chi connectivity index (χ0) is 24.2. The molecule has 0 atom stereocenters. The lowest BCUT2D eigenvalue weighted by Gasteiger charge is -2.10. The zero-order valence-corrected chi connectivity index (χ0v) is 20.2. The highest BCUT2D eigenvalue weighted by Gasteiger charge is 2.22. The van der Waals surface area contributed by atoms with Crippen molar-refractivity contribution in [2.24, 2.45) is 0 Å². The van der Waals surface area contributed by atoms with Crippen molar-refractivity contribution < 1.29 is 14.3 Å². The van der Waals surface area contributed by atoms with Gasteiger partial charge in [-0.25, -0.2) is 0 Å². The molecule has 0 aliphatic carbocycles. The molecule has 3 aromatic carbocycles. The van der Waals surface area contributed by atoms with Crippen LogP contribution in [0, 0.1) is 6.92 Å². The number of thiocarbonyl (C=S) groups is 1. The SMILES string of the molecule is COc1ccc2c(c1)c(CC(=O)NC(=S)Nc1ccccc1)c(C)n2C(=O)c1ccc(Cl)cc1. The Hall–Kier alpha value is -3.68. The number of fused-ring (bicyclic) bond motifs is 1. The fourth-order valence-corrected chi connectivity index (χ4v) is 4.17. The number of halogens is 1. The summed E-state index contributed by atoms with van der Waals surface area (Å²) in [4.78, 5) is 26.3. The Morgan fingerprint density at radius 3 is 2.41 bits per heavy atom. The topological polar surface area (TPSA) is 72.4 Å². The van der Waals surface area contributed by atoms with Crippen molar-refractivity contribution in [3.05, 3.63) is 94.6 Å². The molecule has 1 aromatic heterocycles. The summed E-state index contributed by atoms with van der Waals surface area (Å²) in [6, 6.07) is 21.5. The molecule has 0 saturated heterocycles. The van der Waals surface area contributed by atoms with Gasteiger partial charge in [-0.3, -0.25) is 14.2 Å². The van der Waals surface area contributed by atoms with Crippen molar-refractivity contribution in [1.82, 2.24) is 9.88 Å². The van der Waals surface area contributed by atoms with Crippen LogP contribution < -0.4 is 15.4 Å². The van der Waals surface area contributed by atoms with E-state index < -0.39 is 0 Å². The van der Waals surface area contributed by atoms with E-state index in [1.54, 1.807) is 42.0 Å². The molecule has 1 heterocycles. The zero-order valence-electron chi connectivity index (χ0n) is 18.6. The first-order valence-electron chi connectivity index (χ1n) is 10.5. The lowest BCUT2D eigenvalue weighted by atomic mass is 10.1. The monoisotopic (exact) mass is 491 g/mol. The van der Waals surface area contributed by atoms with E-state index in [2.05, 4.69) is 10.6 Å². The third-order valence-corrected chi connectivity index (χ3v) is 5.91. The van der Waals surface area contributed by atoms with Gasteiger partial charge in [-0.05, 0) is 79.3 Å². The minimum atomic E-state index is -0.294. The first kappa shape index (κ1) is 23.5. The van der Waals surface area contributed by atoms with E-state index in [-0.39, 0.29) is 23.3 Å². The molecule has 34 heavy (non-hydrogen) atoms. The maximum atomic E-state index is 13.4. The lowest BCUT2D eigenvalue weighted by Crippen LogP contribution is -2.35. The number of rotatable bonds is 5. The van der Waals surface area contributed by atoms with Gasteiger partial charge in [0.15, 0.2) is 5.11 Å². The first-order valence-corrected chi connectivity index (χ1v) is 11.3. The number of methoxy groups -OCH3 is 1. The van der Waals surface area contributed by atoms with Gasteiger partial charge in [0.2, 0.25) is 5.91 Å². The Kier molecular flexibility index (Phi) is 6.95. The summed E-state index contributed by atoms with van der Waals surface area (Å²) in [6.07, 6.45) is 0.0347. The number of carbonyl (C=O) groups is 2. The highest BCUT2D eigenvalue weighted by atomic mass is 35.5. The molecule has 4 aromatic rings. The summed E-state index contributed by atoms with van der Waals surface area (Å²) in [5.74, 6) is 0.126. The molecule has 0 aliphatic rings. The number of anilines is 1. The number of nitrogens with one attached hydrogen (secondary N) is 2. The number of para-hydroxylation sites is 1. The molecule has 0 unspecified atom stereocenters. The molecule has 0 radical (unpaired) electrons. The summed E-state index contributed by atoms with van der Waals surface area (Å²) in [5, 5.41) is 7.21. The average Bonchev–Trinajstić information content (AvgIpc) is 3.10. The Labute approximate surface area is 207 Å². The summed E-state index contributed by atoms with van der Waals surface area (Å²) < 4.78 is 6.99. The Morgan fingerprint density at radius 1 is 1.03 bits per heavy atom. The minimum Gasteiger partial charge on any atom is -0.497 e. The number of nitrogens with zero attached hydrogens (tertiary/aromatic N) is 1. The maximum Gasteiger partial charge on any atom is 0.262 e. The summed E-state index contributed by atoms with van der Waals surface area (Å²) in [7, 11) is 1.57. The van der Waals surface area contributed by atoms with Gasteiger partial charge in [-0.2, -0.15) is 0 Å². The van der Waals surface area contributed by atoms with E-state index in [9.17, 15) is 9.59 Å². The van der Waals surface area contributed by atoms with Gasteiger partial charge in [0.1, 0.15) is 5.75 Å². The smallest absolute Gasteiger partial charge is 0.262 e. The van der Waals surface area contributed by atoms with E-state index in [4.69, 9.17) is 28.6 Å². The molecule has 0 spiro atoms. The molecular weight excluding hydrogens is 470 g/mol.